The molecule has 0 atom stereocenters. The van der Waals surface area contributed by atoms with Gasteiger partial charge >= 0.3 is 0 Å². The zero-order chi connectivity index (χ0) is 16.0. The minimum absolute atomic E-state index is 0.0794. The normalized spacial score (nSPS) is 15.5. The summed E-state index contributed by atoms with van der Waals surface area (Å²) in [6.45, 7) is 0. The Morgan fingerprint density at radius 1 is 1.22 bits per heavy atom. The standard InChI is InChI=1S/C17H19N5O/c18-13-6-5-10(7-14(13)23)12-8-22(11-3-1-2-4-11)17-15(12)16(19)20-9-21-17/h5-9,11,23H,1-4,18H2,(H2,19,20,21)/p+1. The average molecular weight is 310 g/mol. The van der Waals surface area contributed by atoms with Gasteiger partial charge in [0.1, 0.15) is 11.1 Å². The van der Waals surface area contributed by atoms with Crippen molar-refractivity contribution in [2.75, 3.05) is 11.5 Å². The molecule has 0 amide bonds. The number of aromatic hydroxyl groups is 1. The molecule has 1 fully saturated rings. The van der Waals surface area contributed by atoms with Crippen LogP contribution in [0.15, 0.2) is 30.7 Å². The van der Waals surface area contributed by atoms with Crippen LogP contribution in [0.3, 0.4) is 0 Å². The number of fused-ring (bicyclic) bond motifs is 1. The van der Waals surface area contributed by atoms with Crippen molar-refractivity contribution in [1.29, 1.82) is 0 Å². The molecule has 6 nitrogen and oxygen atoms in total. The van der Waals surface area contributed by atoms with Gasteiger partial charge in [-0.3, -0.25) is 4.57 Å². The van der Waals surface area contributed by atoms with E-state index in [9.17, 15) is 5.11 Å². The third-order valence-electron chi connectivity index (χ3n) is 4.75. The predicted octanol–water partition coefficient (Wildman–Crippen LogP) is 2.50. The molecule has 3 aromatic rings. The zero-order valence-corrected chi connectivity index (χ0v) is 12.8. The fourth-order valence-electron chi connectivity index (χ4n) is 3.56. The minimum atomic E-state index is 0.0794. The number of aromatic amines is 1. The zero-order valence-electron chi connectivity index (χ0n) is 12.8. The van der Waals surface area contributed by atoms with Crippen LogP contribution in [0, 0.1) is 0 Å². The van der Waals surface area contributed by atoms with E-state index < -0.39 is 0 Å². The molecule has 0 aliphatic heterocycles. The Hall–Kier alpha value is -2.76. The number of nitrogen functional groups attached to an aromatic ring is 2. The van der Waals surface area contributed by atoms with Gasteiger partial charge in [-0.15, -0.1) is 0 Å². The van der Waals surface area contributed by atoms with Crippen LogP contribution in [0.4, 0.5) is 11.5 Å². The molecule has 4 rings (SSSR count). The molecule has 23 heavy (non-hydrogen) atoms. The molecule has 1 saturated carbocycles. The molecule has 6 N–H and O–H groups in total. The number of anilines is 2. The molecule has 0 radical (unpaired) electrons. The van der Waals surface area contributed by atoms with Gasteiger partial charge in [-0.2, -0.15) is 0 Å². The van der Waals surface area contributed by atoms with Crippen LogP contribution in [0.1, 0.15) is 31.7 Å². The van der Waals surface area contributed by atoms with Gasteiger partial charge in [-0.1, -0.05) is 11.1 Å². The first-order valence-corrected chi connectivity index (χ1v) is 7.90. The molecular formula is C17H20N5O+. The highest BCUT2D eigenvalue weighted by atomic mass is 16.3. The lowest BCUT2D eigenvalue weighted by molar-refractivity contribution is -0.354. The summed E-state index contributed by atoms with van der Waals surface area (Å²) >= 11 is 0. The summed E-state index contributed by atoms with van der Waals surface area (Å²) in [6, 6.07) is 5.76. The monoisotopic (exact) mass is 310 g/mol. The maximum absolute atomic E-state index is 9.93. The largest absolute Gasteiger partial charge is 0.506 e. The number of aromatic nitrogens is 3. The summed E-state index contributed by atoms with van der Waals surface area (Å²) in [5.41, 5.74) is 15.1. The molecule has 2 aromatic heterocycles. The van der Waals surface area contributed by atoms with Gasteiger partial charge in [0.2, 0.25) is 17.8 Å². The van der Waals surface area contributed by atoms with Gasteiger partial charge < -0.3 is 16.6 Å². The van der Waals surface area contributed by atoms with Crippen LogP contribution in [0.2, 0.25) is 0 Å². The van der Waals surface area contributed by atoms with Gasteiger partial charge in [0.05, 0.1) is 17.9 Å². The molecule has 1 aliphatic carbocycles. The summed E-state index contributed by atoms with van der Waals surface area (Å²) in [5.74, 6) is 0.567. The van der Waals surface area contributed by atoms with E-state index >= 15 is 0 Å². The van der Waals surface area contributed by atoms with Crippen LogP contribution >= 0.6 is 0 Å². The van der Waals surface area contributed by atoms with Crippen molar-refractivity contribution < 1.29 is 10.1 Å². The van der Waals surface area contributed by atoms with Crippen molar-refractivity contribution >= 4 is 22.5 Å². The third-order valence-corrected chi connectivity index (χ3v) is 4.75. The van der Waals surface area contributed by atoms with Crippen molar-refractivity contribution in [2.24, 2.45) is 0 Å². The van der Waals surface area contributed by atoms with Gasteiger partial charge in [-0.05, 0) is 43.4 Å². The van der Waals surface area contributed by atoms with E-state index in [1.165, 1.54) is 25.7 Å². The second-order valence-corrected chi connectivity index (χ2v) is 6.17. The summed E-state index contributed by atoms with van der Waals surface area (Å²) < 4.78 is 2.27. The van der Waals surface area contributed by atoms with E-state index in [0.717, 1.165) is 22.2 Å². The van der Waals surface area contributed by atoms with Gasteiger partial charge in [0.25, 0.3) is 0 Å². The van der Waals surface area contributed by atoms with Gasteiger partial charge in [0, 0.05) is 5.56 Å². The lowest BCUT2D eigenvalue weighted by atomic mass is 10.1. The first-order chi connectivity index (χ1) is 11.1. The van der Waals surface area contributed by atoms with E-state index in [2.05, 4.69) is 20.7 Å². The SMILES string of the molecule is Nc1ccc(-c2cn(C3CCCC3)c3[nH+]cnc(N)c23)cc1O. The molecule has 0 saturated heterocycles. The maximum atomic E-state index is 9.93. The molecule has 1 aliphatic rings. The lowest BCUT2D eigenvalue weighted by Gasteiger charge is -2.07. The molecule has 118 valence electrons. The summed E-state index contributed by atoms with van der Waals surface area (Å²) in [7, 11) is 0. The van der Waals surface area contributed by atoms with Crippen molar-refractivity contribution in [3.8, 4) is 16.9 Å². The Bertz CT molecular complexity index is 880. The number of hydrogen-bond acceptors (Lipinski definition) is 4. The Balaban J connectivity index is 1.97. The lowest BCUT2D eigenvalue weighted by Crippen LogP contribution is -2.13. The van der Waals surface area contributed by atoms with Crippen molar-refractivity contribution in [2.45, 2.75) is 31.7 Å². The number of phenols is 1. The summed E-state index contributed by atoms with van der Waals surface area (Å²) in [5, 5.41) is 10.8. The smallest absolute Gasteiger partial charge is 0.239 e. The minimum Gasteiger partial charge on any atom is -0.506 e. The van der Waals surface area contributed by atoms with E-state index in [-0.39, 0.29) is 5.75 Å². The summed E-state index contributed by atoms with van der Waals surface area (Å²) in [6.07, 6.45) is 8.60. The van der Waals surface area contributed by atoms with Crippen LogP contribution < -0.4 is 16.5 Å². The number of benzene rings is 1. The fraction of sp³-hybridized carbons (Fsp3) is 0.294. The van der Waals surface area contributed by atoms with Gasteiger partial charge in [0.15, 0.2) is 0 Å². The van der Waals surface area contributed by atoms with E-state index in [4.69, 9.17) is 11.5 Å². The van der Waals surface area contributed by atoms with Crippen LogP contribution in [-0.4, -0.2) is 14.7 Å². The molecule has 0 bridgehead atoms. The summed E-state index contributed by atoms with van der Waals surface area (Å²) in [4.78, 5) is 7.43. The Kier molecular flexibility index (Phi) is 3.11. The van der Waals surface area contributed by atoms with Crippen LogP contribution in [0.5, 0.6) is 5.75 Å². The van der Waals surface area contributed by atoms with Crippen molar-refractivity contribution in [3.63, 3.8) is 0 Å². The number of rotatable bonds is 2. The highest BCUT2D eigenvalue weighted by molar-refractivity contribution is 5.99. The van der Waals surface area contributed by atoms with Crippen LogP contribution in [-0.2, 0) is 0 Å². The molecule has 1 aromatic carbocycles. The molecule has 0 unspecified atom stereocenters. The van der Waals surface area contributed by atoms with Crippen LogP contribution in [0.25, 0.3) is 22.2 Å². The highest BCUT2D eigenvalue weighted by Gasteiger charge is 2.27. The second kappa shape index (κ2) is 5.15. The third kappa shape index (κ3) is 2.18. The first-order valence-electron chi connectivity index (χ1n) is 7.90. The first kappa shape index (κ1) is 13.9. The van der Waals surface area contributed by atoms with E-state index in [1.807, 2.05) is 6.07 Å². The predicted molar refractivity (Wildman–Crippen MR) is 89.7 cm³/mol. The molecule has 0 spiro atoms. The quantitative estimate of drug-likeness (QED) is 0.499. The molecule has 2 heterocycles. The Morgan fingerprint density at radius 3 is 2.74 bits per heavy atom. The molecule has 6 heteroatoms. The van der Waals surface area contributed by atoms with E-state index in [1.54, 1.807) is 18.5 Å². The number of H-pyrrole nitrogens is 1. The van der Waals surface area contributed by atoms with Gasteiger partial charge in [-0.25, -0.2) is 4.98 Å². The number of nitrogens with two attached hydrogens (primary N) is 2. The fourth-order valence-corrected chi connectivity index (χ4v) is 3.56. The maximum Gasteiger partial charge on any atom is 0.239 e. The number of nitrogens with zero attached hydrogens (tertiary/aromatic N) is 2. The molecular weight excluding hydrogens is 290 g/mol. The topological polar surface area (TPSA) is 104 Å². The highest BCUT2D eigenvalue weighted by Crippen LogP contribution is 2.39. The van der Waals surface area contributed by atoms with Crippen molar-refractivity contribution in [1.82, 2.24) is 9.55 Å². The number of phenolic OH excluding ortho intramolecular Hbond substituents is 1. The Morgan fingerprint density at radius 2 is 2.00 bits per heavy atom. The average Bonchev–Trinajstić information content (AvgIpc) is 3.17. The van der Waals surface area contributed by atoms with E-state index in [0.29, 0.717) is 17.5 Å². The number of hydrogen-bond donors (Lipinski definition) is 3. The van der Waals surface area contributed by atoms with Crippen molar-refractivity contribution in [3.05, 3.63) is 30.7 Å². The number of nitrogens with one attached hydrogen (secondary N) is 1. The Labute approximate surface area is 133 Å². The second-order valence-electron chi connectivity index (χ2n) is 6.17.